The average molecular weight is 294 g/mol. The van der Waals surface area contributed by atoms with Gasteiger partial charge < -0.3 is 9.72 Å². The molecule has 106 valence electrons. The van der Waals surface area contributed by atoms with E-state index in [1.807, 2.05) is 16.7 Å². The zero-order valence-electron chi connectivity index (χ0n) is 11.2. The minimum atomic E-state index is -0.796. The van der Waals surface area contributed by atoms with Crippen molar-refractivity contribution in [1.82, 2.24) is 14.7 Å². The second kappa shape index (κ2) is 4.18. The molecule has 2 aromatic heterocycles. The van der Waals surface area contributed by atoms with E-state index in [-0.39, 0.29) is 5.41 Å². The first kappa shape index (κ1) is 12.6. The lowest BCUT2D eigenvalue weighted by Crippen LogP contribution is -2.67. The number of hydrogen-bond donors (Lipinski definition) is 1. The number of pyridine rings is 1. The molecule has 5 rings (SSSR count). The fourth-order valence-electron chi connectivity index (χ4n) is 3.78. The molecule has 3 aliphatic carbocycles. The predicted molar refractivity (Wildman–Crippen MR) is 76.6 cm³/mol. The van der Waals surface area contributed by atoms with Crippen molar-refractivity contribution in [2.75, 3.05) is 6.54 Å². The summed E-state index contributed by atoms with van der Waals surface area (Å²) in [6, 6.07) is 4.08. The molecule has 1 N–H and O–H groups in total. The van der Waals surface area contributed by atoms with E-state index in [1.165, 1.54) is 5.56 Å². The van der Waals surface area contributed by atoms with Crippen LogP contribution in [0.4, 0.5) is 4.39 Å². The van der Waals surface area contributed by atoms with Crippen molar-refractivity contribution in [3.63, 3.8) is 0 Å². The predicted octanol–water partition coefficient (Wildman–Crippen LogP) is 3.05. The first-order chi connectivity index (χ1) is 9.60. The molecule has 3 nitrogen and oxygen atoms in total. The van der Waals surface area contributed by atoms with Gasteiger partial charge in [0.05, 0.1) is 11.6 Å². The number of rotatable bonds is 5. The Balaban J connectivity index is 1.39. The lowest BCUT2D eigenvalue weighted by molar-refractivity contribution is -0.209. The van der Waals surface area contributed by atoms with Gasteiger partial charge in [-0.2, -0.15) is 0 Å². The maximum Gasteiger partial charge on any atom is 0.137 e. The normalized spacial score (nSPS) is 31.1. The molecular formula is C15H17ClFN3. The van der Waals surface area contributed by atoms with E-state index in [0.29, 0.717) is 5.88 Å². The highest BCUT2D eigenvalue weighted by Gasteiger charge is 2.68. The van der Waals surface area contributed by atoms with Gasteiger partial charge in [0.15, 0.2) is 0 Å². The van der Waals surface area contributed by atoms with Crippen molar-refractivity contribution in [3.05, 3.63) is 35.8 Å². The Morgan fingerprint density at radius 1 is 1.30 bits per heavy atom. The van der Waals surface area contributed by atoms with Gasteiger partial charge in [0.1, 0.15) is 11.3 Å². The molecule has 2 heterocycles. The molecular weight excluding hydrogens is 277 g/mol. The van der Waals surface area contributed by atoms with Gasteiger partial charge in [0, 0.05) is 25.5 Å². The number of aromatic nitrogens is 2. The fraction of sp³-hybridized carbons (Fsp3) is 0.533. The van der Waals surface area contributed by atoms with Crippen molar-refractivity contribution in [1.29, 1.82) is 0 Å². The van der Waals surface area contributed by atoms with Crippen molar-refractivity contribution < 1.29 is 4.39 Å². The zero-order chi connectivity index (χ0) is 13.8. The molecule has 0 amide bonds. The second-order valence-corrected chi connectivity index (χ2v) is 6.72. The van der Waals surface area contributed by atoms with E-state index in [2.05, 4.69) is 22.6 Å². The van der Waals surface area contributed by atoms with Crippen molar-refractivity contribution in [3.8, 4) is 0 Å². The summed E-state index contributed by atoms with van der Waals surface area (Å²) >= 11 is 5.79. The largest absolute Gasteiger partial charge is 0.312 e. The minimum absolute atomic E-state index is 0.264. The highest BCUT2D eigenvalue weighted by atomic mass is 35.5. The Bertz CT molecular complexity index is 646. The van der Waals surface area contributed by atoms with Gasteiger partial charge in [0.2, 0.25) is 0 Å². The van der Waals surface area contributed by atoms with Gasteiger partial charge >= 0.3 is 0 Å². The molecule has 3 fully saturated rings. The van der Waals surface area contributed by atoms with Gasteiger partial charge in [-0.15, -0.1) is 11.6 Å². The summed E-state index contributed by atoms with van der Waals surface area (Å²) in [6.45, 7) is 1.74. The maximum absolute atomic E-state index is 13.4. The number of halogens is 2. The van der Waals surface area contributed by atoms with Crippen LogP contribution < -0.4 is 5.32 Å². The molecule has 5 heteroatoms. The van der Waals surface area contributed by atoms with Crippen LogP contribution in [0.15, 0.2) is 24.5 Å². The molecule has 0 saturated heterocycles. The van der Waals surface area contributed by atoms with Crippen LogP contribution in [0.5, 0.6) is 0 Å². The molecule has 0 spiro atoms. The van der Waals surface area contributed by atoms with E-state index in [9.17, 15) is 4.39 Å². The Morgan fingerprint density at radius 3 is 2.80 bits per heavy atom. The van der Waals surface area contributed by atoms with Gasteiger partial charge in [-0.1, -0.05) is 6.07 Å². The average Bonchev–Trinajstić information content (AvgIpc) is 2.77. The summed E-state index contributed by atoms with van der Waals surface area (Å²) in [5.41, 5.74) is 2.48. The van der Waals surface area contributed by atoms with Crippen LogP contribution in [0.2, 0.25) is 0 Å². The Labute approximate surface area is 122 Å². The third kappa shape index (κ3) is 1.93. The molecule has 3 saturated carbocycles. The van der Waals surface area contributed by atoms with Crippen LogP contribution in [0.25, 0.3) is 5.65 Å². The minimum Gasteiger partial charge on any atom is -0.312 e. The number of fused-ring (bicyclic) bond motifs is 1. The number of alkyl halides is 2. The highest BCUT2D eigenvalue weighted by molar-refractivity contribution is 6.16. The number of hydrogen-bond acceptors (Lipinski definition) is 2. The molecule has 0 radical (unpaired) electrons. The van der Waals surface area contributed by atoms with Crippen molar-refractivity contribution in [2.45, 2.75) is 37.4 Å². The van der Waals surface area contributed by atoms with Crippen molar-refractivity contribution >= 4 is 17.2 Å². The number of imidazole rings is 1. The first-order valence-corrected chi connectivity index (χ1v) is 7.56. The van der Waals surface area contributed by atoms with E-state index in [0.717, 1.165) is 43.7 Å². The SMILES string of the molecule is FC12CC(CNCc3ccc4nc(CCl)cn4c3)(C1)C2. The summed E-state index contributed by atoms with van der Waals surface area (Å²) in [6.07, 6.45) is 6.30. The Morgan fingerprint density at radius 2 is 2.10 bits per heavy atom. The van der Waals surface area contributed by atoms with Gasteiger partial charge in [-0.25, -0.2) is 9.37 Å². The molecule has 2 bridgehead atoms. The summed E-state index contributed by atoms with van der Waals surface area (Å²) in [7, 11) is 0. The van der Waals surface area contributed by atoms with E-state index in [1.54, 1.807) is 0 Å². The summed E-state index contributed by atoms with van der Waals surface area (Å²) in [5, 5.41) is 3.46. The quantitative estimate of drug-likeness (QED) is 0.859. The number of nitrogens with zero attached hydrogens (tertiary/aromatic N) is 2. The van der Waals surface area contributed by atoms with Crippen LogP contribution >= 0.6 is 11.6 Å². The topological polar surface area (TPSA) is 29.3 Å². The Hall–Kier alpha value is -1.13. The van der Waals surface area contributed by atoms with Gasteiger partial charge in [-0.05, 0) is 36.3 Å². The third-order valence-corrected chi connectivity index (χ3v) is 4.88. The third-order valence-electron chi connectivity index (χ3n) is 4.60. The van der Waals surface area contributed by atoms with Crippen LogP contribution in [-0.4, -0.2) is 21.6 Å². The number of nitrogens with one attached hydrogen (secondary N) is 1. The summed E-state index contributed by atoms with van der Waals surface area (Å²) in [4.78, 5) is 4.40. The Kier molecular flexibility index (Phi) is 2.63. The maximum atomic E-state index is 13.4. The standard InChI is InChI=1S/C15H17ClFN3/c16-3-12-6-20-5-11(1-2-13(20)19-12)4-18-10-14-7-15(17,8-14)9-14/h1-2,5-6,18H,3-4,7-10H2. The van der Waals surface area contributed by atoms with Gasteiger partial charge in [-0.3, -0.25) is 0 Å². The van der Waals surface area contributed by atoms with Crippen LogP contribution in [-0.2, 0) is 12.4 Å². The molecule has 2 aromatic rings. The van der Waals surface area contributed by atoms with E-state index < -0.39 is 5.67 Å². The lowest BCUT2D eigenvalue weighted by Gasteiger charge is -2.66. The van der Waals surface area contributed by atoms with Gasteiger partial charge in [0.25, 0.3) is 0 Å². The molecule has 0 atom stereocenters. The second-order valence-electron chi connectivity index (χ2n) is 6.45. The van der Waals surface area contributed by atoms with E-state index >= 15 is 0 Å². The zero-order valence-corrected chi connectivity index (χ0v) is 12.0. The molecule has 0 unspecified atom stereocenters. The first-order valence-electron chi connectivity index (χ1n) is 7.02. The lowest BCUT2D eigenvalue weighted by atomic mass is 9.42. The van der Waals surface area contributed by atoms with Crippen molar-refractivity contribution in [2.24, 2.45) is 5.41 Å². The van der Waals surface area contributed by atoms with Crippen LogP contribution in [0, 0.1) is 5.41 Å². The van der Waals surface area contributed by atoms with E-state index in [4.69, 9.17) is 11.6 Å². The van der Waals surface area contributed by atoms with Crippen LogP contribution in [0.3, 0.4) is 0 Å². The van der Waals surface area contributed by atoms with Crippen LogP contribution in [0.1, 0.15) is 30.5 Å². The summed E-state index contributed by atoms with van der Waals surface area (Å²) in [5.74, 6) is 0.433. The summed E-state index contributed by atoms with van der Waals surface area (Å²) < 4.78 is 15.4. The highest BCUT2D eigenvalue weighted by Crippen LogP contribution is 2.69. The smallest absolute Gasteiger partial charge is 0.137 e. The molecule has 3 aliphatic rings. The molecule has 20 heavy (non-hydrogen) atoms. The molecule has 0 aliphatic heterocycles. The fourth-order valence-corrected chi connectivity index (χ4v) is 3.91. The molecule has 0 aromatic carbocycles. The monoisotopic (exact) mass is 293 g/mol.